The molecule has 2 aromatic carbocycles. The highest BCUT2D eigenvalue weighted by molar-refractivity contribution is 5.62. The predicted octanol–water partition coefficient (Wildman–Crippen LogP) is 3.38. The molecule has 2 N–H and O–H groups in total. The second-order valence-electron chi connectivity index (χ2n) is 4.68. The number of aromatic nitrogens is 2. The first-order chi connectivity index (χ1) is 10.2. The lowest BCUT2D eigenvalue weighted by Gasteiger charge is -1.98. The van der Waals surface area contributed by atoms with Gasteiger partial charge in [0.15, 0.2) is 11.5 Å². The highest BCUT2D eigenvalue weighted by Crippen LogP contribution is 2.30. The Hall–Kier alpha value is -2.82. The quantitative estimate of drug-likeness (QED) is 0.720. The molecule has 1 aromatic heterocycles. The maximum Gasteiger partial charge on any atom is 0.258 e. The monoisotopic (exact) mass is 282 g/mol. The van der Waals surface area contributed by atoms with E-state index in [-0.39, 0.29) is 11.5 Å². The van der Waals surface area contributed by atoms with E-state index in [0.29, 0.717) is 17.3 Å². The summed E-state index contributed by atoms with van der Waals surface area (Å²) < 4.78 is 5.20. The van der Waals surface area contributed by atoms with Gasteiger partial charge in [-0.1, -0.05) is 36.3 Å². The number of phenols is 2. The van der Waals surface area contributed by atoms with Gasteiger partial charge in [0.1, 0.15) is 0 Å². The third-order valence-electron chi connectivity index (χ3n) is 3.27. The fourth-order valence-corrected chi connectivity index (χ4v) is 2.00. The lowest BCUT2D eigenvalue weighted by Crippen LogP contribution is -1.83. The topological polar surface area (TPSA) is 79.4 Å². The Kier molecular flexibility index (Phi) is 3.31. The van der Waals surface area contributed by atoms with Gasteiger partial charge < -0.3 is 14.7 Å². The minimum Gasteiger partial charge on any atom is -0.504 e. The SMILES string of the molecule is CCc1ccc(-c2noc(-c3ccc(O)c(O)c3)n2)cc1. The Morgan fingerprint density at radius 3 is 2.33 bits per heavy atom. The van der Waals surface area contributed by atoms with Crippen molar-refractivity contribution in [1.82, 2.24) is 10.1 Å². The van der Waals surface area contributed by atoms with Crippen molar-refractivity contribution in [2.75, 3.05) is 0 Å². The van der Waals surface area contributed by atoms with Crippen LogP contribution in [-0.4, -0.2) is 20.4 Å². The van der Waals surface area contributed by atoms with Gasteiger partial charge in [-0.25, -0.2) is 0 Å². The van der Waals surface area contributed by atoms with E-state index in [1.165, 1.54) is 17.7 Å². The van der Waals surface area contributed by atoms with Gasteiger partial charge in [0.05, 0.1) is 0 Å². The van der Waals surface area contributed by atoms with E-state index in [1.54, 1.807) is 6.07 Å². The summed E-state index contributed by atoms with van der Waals surface area (Å²) in [4.78, 5) is 4.31. The number of phenolic OH excluding ortho intramolecular Hbond substituents is 2. The molecular formula is C16H14N2O3. The summed E-state index contributed by atoms with van der Waals surface area (Å²) >= 11 is 0. The molecule has 5 heteroatoms. The van der Waals surface area contributed by atoms with Crippen molar-refractivity contribution >= 4 is 0 Å². The number of aromatic hydroxyl groups is 2. The van der Waals surface area contributed by atoms with Crippen LogP contribution in [0.5, 0.6) is 11.5 Å². The van der Waals surface area contributed by atoms with Crippen molar-refractivity contribution in [2.45, 2.75) is 13.3 Å². The average Bonchev–Trinajstić information content (AvgIpc) is 3.00. The van der Waals surface area contributed by atoms with Crippen LogP contribution in [0.2, 0.25) is 0 Å². The van der Waals surface area contributed by atoms with E-state index in [1.807, 2.05) is 24.3 Å². The second kappa shape index (κ2) is 5.28. The molecule has 0 unspecified atom stereocenters. The van der Waals surface area contributed by atoms with Gasteiger partial charge in [0.25, 0.3) is 5.89 Å². The van der Waals surface area contributed by atoms with Crippen LogP contribution in [-0.2, 0) is 6.42 Å². The fourth-order valence-electron chi connectivity index (χ4n) is 2.00. The zero-order valence-corrected chi connectivity index (χ0v) is 11.4. The Morgan fingerprint density at radius 1 is 0.952 bits per heavy atom. The molecule has 1 heterocycles. The Balaban J connectivity index is 1.93. The van der Waals surface area contributed by atoms with Crippen molar-refractivity contribution in [3.05, 3.63) is 48.0 Å². The summed E-state index contributed by atoms with van der Waals surface area (Å²) in [7, 11) is 0. The minimum absolute atomic E-state index is 0.186. The van der Waals surface area contributed by atoms with Crippen molar-refractivity contribution in [3.8, 4) is 34.3 Å². The largest absolute Gasteiger partial charge is 0.504 e. The van der Waals surface area contributed by atoms with Crippen LogP contribution in [0.3, 0.4) is 0 Å². The van der Waals surface area contributed by atoms with E-state index in [9.17, 15) is 10.2 Å². The first-order valence-electron chi connectivity index (χ1n) is 6.62. The van der Waals surface area contributed by atoms with Gasteiger partial charge >= 0.3 is 0 Å². The third-order valence-corrected chi connectivity index (χ3v) is 3.27. The Bertz CT molecular complexity index is 763. The molecule has 21 heavy (non-hydrogen) atoms. The zero-order valence-electron chi connectivity index (χ0n) is 11.4. The number of aryl methyl sites for hydroxylation is 1. The molecular weight excluding hydrogens is 268 g/mol. The van der Waals surface area contributed by atoms with E-state index < -0.39 is 0 Å². The molecule has 3 rings (SSSR count). The zero-order chi connectivity index (χ0) is 14.8. The summed E-state index contributed by atoms with van der Waals surface area (Å²) in [5, 5.41) is 22.7. The third kappa shape index (κ3) is 2.58. The highest BCUT2D eigenvalue weighted by Gasteiger charge is 2.12. The molecule has 0 atom stereocenters. The Morgan fingerprint density at radius 2 is 1.67 bits per heavy atom. The normalized spacial score (nSPS) is 10.7. The molecule has 0 aliphatic heterocycles. The van der Waals surface area contributed by atoms with Crippen molar-refractivity contribution in [3.63, 3.8) is 0 Å². The average molecular weight is 282 g/mol. The van der Waals surface area contributed by atoms with Crippen LogP contribution in [0.4, 0.5) is 0 Å². The highest BCUT2D eigenvalue weighted by atomic mass is 16.5. The summed E-state index contributed by atoms with van der Waals surface area (Å²) in [5.41, 5.74) is 2.66. The van der Waals surface area contributed by atoms with Gasteiger partial charge in [0.2, 0.25) is 5.82 Å². The summed E-state index contributed by atoms with van der Waals surface area (Å²) in [6.45, 7) is 2.10. The Labute approximate surface area is 121 Å². The van der Waals surface area contributed by atoms with Crippen molar-refractivity contribution in [2.24, 2.45) is 0 Å². The maximum atomic E-state index is 9.50. The molecule has 0 aliphatic rings. The van der Waals surface area contributed by atoms with E-state index in [0.717, 1.165) is 12.0 Å². The maximum absolute atomic E-state index is 9.50. The van der Waals surface area contributed by atoms with Crippen LogP contribution in [0, 0.1) is 0 Å². The van der Waals surface area contributed by atoms with Crippen LogP contribution in [0.1, 0.15) is 12.5 Å². The van der Waals surface area contributed by atoms with Gasteiger partial charge in [0, 0.05) is 11.1 Å². The molecule has 0 spiro atoms. The number of rotatable bonds is 3. The summed E-state index contributed by atoms with van der Waals surface area (Å²) in [5.74, 6) is 0.369. The van der Waals surface area contributed by atoms with E-state index in [2.05, 4.69) is 17.1 Å². The lowest BCUT2D eigenvalue weighted by molar-refractivity contribution is 0.402. The van der Waals surface area contributed by atoms with Crippen LogP contribution < -0.4 is 0 Å². The van der Waals surface area contributed by atoms with E-state index in [4.69, 9.17) is 4.52 Å². The summed E-state index contributed by atoms with van der Waals surface area (Å²) in [6.07, 6.45) is 0.977. The molecule has 0 radical (unpaired) electrons. The smallest absolute Gasteiger partial charge is 0.258 e. The fraction of sp³-hybridized carbons (Fsp3) is 0.125. The minimum atomic E-state index is -0.223. The number of hydrogen-bond acceptors (Lipinski definition) is 5. The van der Waals surface area contributed by atoms with Crippen molar-refractivity contribution < 1.29 is 14.7 Å². The first-order valence-corrected chi connectivity index (χ1v) is 6.62. The molecule has 3 aromatic rings. The predicted molar refractivity (Wildman–Crippen MR) is 77.9 cm³/mol. The van der Waals surface area contributed by atoms with Gasteiger partial charge in [-0.2, -0.15) is 4.98 Å². The molecule has 0 saturated carbocycles. The number of nitrogens with zero attached hydrogens (tertiary/aromatic N) is 2. The lowest BCUT2D eigenvalue weighted by atomic mass is 10.1. The molecule has 0 amide bonds. The molecule has 0 fully saturated rings. The van der Waals surface area contributed by atoms with Crippen molar-refractivity contribution in [1.29, 1.82) is 0 Å². The molecule has 0 bridgehead atoms. The second-order valence-corrected chi connectivity index (χ2v) is 4.68. The standard InChI is InChI=1S/C16H14N2O3/c1-2-10-3-5-11(6-4-10)15-17-16(21-18-15)12-7-8-13(19)14(20)9-12/h3-9,19-20H,2H2,1H3. The summed E-state index contributed by atoms with van der Waals surface area (Å²) in [6, 6.07) is 12.3. The molecule has 0 saturated heterocycles. The molecule has 106 valence electrons. The molecule has 0 aliphatic carbocycles. The number of hydrogen-bond donors (Lipinski definition) is 2. The van der Waals surface area contributed by atoms with Gasteiger partial charge in [-0.05, 0) is 30.2 Å². The number of benzene rings is 2. The first kappa shape index (κ1) is 13.2. The van der Waals surface area contributed by atoms with E-state index >= 15 is 0 Å². The van der Waals surface area contributed by atoms with Gasteiger partial charge in [-0.15, -0.1) is 0 Å². The molecule has 5 nitrogen and oxygen atoms in total. The van der Waals surface area contributed by atoms with Crippen LogP contribution in [0.15, 0.2) is 47.0 Å². The van der Waals surface area contributed by atoms with Gasteiger partial charge in [-0.3, -0.25) is 0 Å². The van der Waals surface area contributed by atoms with Crippen LogP contribution in [0.25, 0.3) is 22.8 Å². The van der Waals surface area contributed by atoms with Crippen LogP contribution >= 0.6 is 0 Å².